The first kappa shape index (κ1) is 12.1. The second-order valence-corrected chi connectivity index (χ2v) is 3.94. The first-order valence-corrected chi connectivity index (χ1v) is 4.75. The van der Waals surface area contributed by atoms with E-state index in [1.165, 1.54) is 12.1 Å². The van der Waals surface area contributed by atoms with Gasteiger partial charge in [0, 0.05) is 19.0 Å². The van der Waals surface area contributed by atoms with Gasteiger partial charge in [-0.1, -0.05) is 6.07 Å². The third kappa shape index (κ3) is 3.57. The van der Waals surface area contributed by atoms with E-state index in [2.05, 4.69) is 5.32 Å². The summed E-state index contributed by atoms with van der Waals surface area (Å²) < 4.78 is 25.9. The fourth-order valence-electron chi connectivity index (χ4n) is 1.52. The van der Waals surface area contributed by atoms with Gasteiger partial charge in [0.2, 0.25) is 0 Å². The minimum Gasteiger partial charge on any atom is -0.389 e. The van der Waals surface area contributed by atoms with Gasteiger partial charge in [-0.15, -0.1) is 0 Å². The van der Waals surface area contributed by atoms with Crippen molar-refractivity contribution in [2.45, 2.75) is 18.9 Å². The quantitative estimate of drug-likeness (QED) is 0.797. The van der Waals surface area contributed by atoms with Crippen LogP contribution < -0.4 is 5.32 Å². The minimum atomic E-state index is -1.03. The van der Waals surface area contributed by atoms with Crippen LogP contribution in [0.5, 0.6) is 0 Å². The lowest BCUT2D eigenvalue weighted by Gasteiger charge is -2.23. The summed E-state index contributed by atoms with van der Waals surface area (Å²) >= 11 is 0. The van der Waals surface area contributed by atoms with Crippen molar-refractivity contribution in [3.63, 3.8) is 0 Å². The van der Waals surface area contributed by atoms with Crippen LogP contribution in [0.4, 0.5) is 8.78 Å². The predicted octanol–water partition coefficient (Wildman–Crippen LogP) is 1.48. The zero-order valence-electron chi connectivity index (χ0n) is 8.85. The van der Waals surface area contributed by atoms with Crippen LogP contribution in [0.1, 0.15) is 12.5 Å². The van der Waals surface area contributed by atoms with E-state index < -0.39 is 17.2 Å². The molecule has 1 unspecified atom stereocenters. The highest BCUT2D eigenvalue weighted by molar-refractivity contribution is 5.20. The Labute approximate surface area is 87.9 Å². The van der Waals surface area contributed by atoms with Crippen molar-refractivity contribution < 1.29 is 13.9 Å². The second-order valence-electron chi connectivity index (χ2n) is 3.94. The average Bonchev–Trinajstić information content (AvgIpc) is 2.09. The lowest BCUT2D eigenvalue weighted by atomic mass is 9.96. The van der Waals surface area contributed by atoms with E-state index in [9.17, 15) is 13.9 Å². The highest BCUT2D eigenvalue weighted by Gasteiger charge is 2.21. The van der Waals surface area contributed by atoms with E-state index in [0.29, 0.717) is 12.1 Å². The van der Waals surface area contributed by atoms with Crippen LogP contribution in [0, 0.1) is 11.6 Å². The zero-order chi connectivity index (χ0) is 11.5. The molecule has 1 rings (SSSR count). The van der Waals surface area contributed by atoms with Crippen LogP contribution >= 0.6 is 0 Å². The molecule has 0 bridgehead atoms. The zero-order valence-corrected chi connectivity index (χ0v) is 8.85. The van der Waals surface area contributed by atoms with Gasteiger partial charge in [-0.25, -0.2) is 8.78 Å². The van der Waals surface area contributed by atoms with Crippen molar-refractivity contribution in [3.05, 3.63) is 35.4 Å². The lowest BCUT2D eigenvalue weighted by molar-refractivity contribution is 0.0613. The number of hydrogen-bond donors (Lipinski definition) is 2. The summed E-state index contributed by atoms with van der Waals surface area (Å²) in [6, 6.07) is 3.37. The van der Waals surface area contributed by atoms with Gasteiger partial charge in [-0.2, -0.15) is 0 Å². The number of nitrogens with one attached hydrogen (secondary N) is 1. The Bertz CT molecular complexity index is 339. The summed E-state index contributed by atoms with van der Waals surface area (Å²) in [6.07, 6.45) is 0.153. The molecule has 0 heterocycles. The van der Waals surface area contributed by atoms with Crippen molar-refractivity contribution >= 4 is 0 Å². The van der Waals surface area contributed by atoms with Crippen LogP contribution in [0.2, 0.25) is 0 Å². The van der Waals surface area contributed by atoms with Crippen molar-refractivity contribution in [1.82, 2.24) is 5.32 Å². The Morgan fingerprint density at radius 2 is 2.07 bits per heavy atom. The summed E-state index contributed by atoms with van der Waals surface area (Å²) in [6.45, 7) is 1.95. The normalized spacial score (nSPS) is 15.0. The summed E-state index contributed by atoms with van der Waals surface area (Å²) in [7, 11) is 1.70. The minimum absolute atomic E-state index is 0.153. The number of rotatable bonds is 4. The molecule has 0 saturated heterocycles. The molecule has 0 saturated carbocycles. The molecule has 2 N–H and O–H groups in total. The van der Waals surface area contributed by atoms with E-state index in [-0.39, 0.29) is 6.42 Å². The van der Waals surface area contributed by atoms with Gasteiger partial charge in [0.25, 0.3) is 0 Å². The Balaban J connectivity index is 2.80. The molecule has 0 aliphatic heterocycles. The monoisotopic (exact) mass is 215 g/mol. The number of halogens is 2. The first-order valence-electron chi connectivity index (χ1n) is 4.75. The number of aliphatic hydroxyl groups is 1. The van der Waals surface area contributed by atoms with Gasteiger partial charge in [0.1, 0.15) is 11.6 Å². The Morgan fingerprint density at radius 3 is 2.60 bits per heavy atom. The Hall–Kier alpha value is -1.00. The molecule has 1 aromatic carbocycles. The Kier molecular flexibility index (Phi) is 3.77. The lowest BCUT2D eigenvalue weighted by Crippen LogP contribution is -2.38. The topological polar surface area (TPSA) is 32.3 Å². The number of hydrogen-bond acceptors (Lipinski definition) is 2. The second kappa shape index (κ2) is 4.68. The molecule has 2 nitrogen and oxygen atoms in total. The maximum Gasteiger partial charge on any atom is 0.129 e. The molecule has 4 heteroatoms. The van der Waals surface area contributed by atoms with Gasteiger partial charge < -0.3 is 10.4 Å². The highest BCUT2D eigenvalue weighted by atomic mass is 19.1. The molecule has 84 valence electrons. The average molecular weight is 215 g/mol. The van der Waals surface area contributed by atoms with Gasteiger partial charge in [-0.05, 0) is 25.6 Å². The third-order valence-electron chi connectivity index (χ3n) is 2.14. The van der Waals surface area contributed by atoms with Crippen LogP contribution in [-0.2, 0) is 6.42 Å². The molecule has 15 heavy (non-hydrogen) atoms. The third-order valence-corrected chi connectivity index (χ3v) is 2.14. The summed E-state index contributed by atoms with van der Waals surface area (Å²) in [5.74, 6) is -1.23. The molecule has 1 aromatic rings. The van der Waals surface area contributed by atoms with E-state index in [4.69, 9.17) is 0 Å². The first-order chi connectivity index (χ1) is 6.94. The van der Waals surface area contributed by atoms with E-state index in [1.54, 1.807) is 14.0 Å². The van der Waals surface area contributed by atoms with Crippen molar-refractivity contribution in [3.8, 4) is 0 Å². The SMILES string of the molecule is CNCC(C)(O)Cc1ccc(F)cc1F. The molecule has 0 spiro atoms. The fourth-order valence-corrected chi connectivity index (χ4v) is 1.52. The maximum absolute atomic E-state index is 13.2. The van der Waals surface area contributed by atoms with Crippen molar-refractivity contribution in [2.24, 2.45) is 0 Å². The fraction of sp³-hybridized carbons (Fsp3) is 0.455. The molecule has 0 aliphatic carbocycles. The standard InChI is InChI=1S/C11H15F2NO/c1-11(15,7-14-2)6-8-3-4-9(12)5-10(8)13/h3-5,14-15H,6-7H2,1-2H3. The van der Waals surface area contributed by atoms with Crippen LogP contribution in [0.15, 0.2) is 18.2 Å². The van der Waals surface area contributed by atoms with Gasteiger partial charge in [0.05, 0.1) is 5.60 Å². The molecule has 0 radical (unpaired) electrons. The summed E-state index contributed by atoms with van der Waals surface area (Å²) in [5.41, 5.74) is -0.718. The highest BCUT2D eigenvalue weighted by Crippen LogP contribution is 2.16. The molecule has 0 aliphatic rings. The summed E-state index contributed by atoms with van der Waals surface area (Å²) in [5, 5.41) is 12.7. The van der Waals surface area contributed by atoms with Crippen molar-refractivity contribution in [2.75, 3.05) is 13.6 Å². The molecule has 1 atom stereocenters. The largest absolute Gasteiger partial charge is 0.389 e. The predicted molar refractivity (Wildman–Crippen MR) is 54.6 cm³/mol. The molecule has 0 fully saturated rings. The molecular formula is C11H15F2NO. The van der Waals surface area contributed by atoms with Crippen LogP contribution in [-0.4, -0.2) is 24.3 Å². The van der Waals surface area contributed by atoms with Crippen LogP contribution in [0.3, 0.4) is 0 Å². The number of benzene rings is 1. The Morgan fingerprint density at radius 1 is 1.40 bits per heavy atom. The van der Waals surface area contributed by atoms with E-state index >= 15 is 0 Å². The van der Waals surface area contributed by atoms with Crippen molar-refractivity contribution in [1.29, 1.82) is 0 Å². The smallest absolute Gasteiger partial charge is 0.129 e. The van der Waals surface area contributed by atoms with E-state index in [0.717, 1.165) is 6.07 Å². The van der Waals surface area contributed by atoms with E-state index in [1.807, 2.05) is 0 Å². The summed E-state index contributed by atoms with van der Waals surface area (Å²) in [4.78, 5) is 0. The van der Waals surface area contributed by atoms with Gasteiger partial charge >= 0.3 is 0 Å². The van der Waals surface area contributed by atoms with Crippen LogP contribution in [0.25, 0.3) is 0 Å². The molecule has 0 amide bonds. The van der Waals surface area contributed by atoms with Gasteiger partial charge in [-0.3, -0.25) is 0 Å². The maximum atomic E-state index is 13.2. The molecular weight excluding hydrogens is 200 g/mol. The number of likely N-dealkylation sites (N-methyl/N-ethyl adjacent to an activating group) is 1. The molecule has 0 aromatic heterocycles. The van der Waals surface area contributed by atoms with Gasteiger partial charge in [0.15, 0.2) is 0 Å².